The highest BCUT2D eigenvalue weighted by molar-refractivity contribution is 5.87. The summed E-state index contributed by atoms with van der Waals surface area (Å²) in [4.78, 5) is 26.3. The minimum atomic E-state index is -0.548. The Kier molecular flexibility index (Phi) is 22.7. The van der Waals surface area contributed by atoms with Crippen molar-refractivity contribution in [2.24, 2.45) is 11.0 Å². The molecule has 0 saturated carbocycles. The third-order valence-electron chi connectivity index (χ3n) is 4.24. The van der Waals surface area contributed by atoms with E-state index in [9.17, 15) is 9.59 Å². The molecule has 0 aliphatic heterocycles. The predicted molar refractivity (Wildman–Crippen MR) is 124 cm³/mol. The lowest BCUT2D eigenvalue weighted by atomic mass is 10.0. The minimum absolute atomic E-state index is 0.000329. The number of carbonyl (C=O) groups is 2. The first kappa shape index (κ1) is 32.0. The first-order chi connectivity index (χ1) is 16.5. The number of amides is 2. The summed E-state index contributed by atoms with van der Waals surface area (Å²) in [6.45, 7) is 9.15. The zero-order chi connectivity index (χ0) is 25.3. The Hall–Kier alpha value is -1.99. The van der Waals surface area contributed by atoms with Crippen LogP contribution in [0.3, 0.4) is 0 Å². The monoisotopic (exact) mass is 491 g/mol. The van der Waals surface area contributed by atoms with Crippen molar-refractivity contribution in [1.82, 2.24) is 10.6 Å². The Morgan fingerprint density at radius 1 is 0.765 bits per heavy atom. The van der Waals surface area contributed by atoms with E-state index in [1.807, 2.05) is 13.8 Å². The summed E-state index contributed by atoms with van der Waals surface area (Å²) >= 11 is 0. The predicted octanol–water partition coefficient (Wildman–Crippen LogP) is 0.673. The van der Waals surface area contributed by atoms with E-state index in [-0.39, 0.29) is 30.8 Å². The smallest absolute Gasteiger partial charge is 0.242 e. The fourth-order valence-electron chi connectivity index (χ4n) is 2.45. The highest BCUT2D eigenvalue weighted by atomic mass is 16.6. The minimum Gasteiger partial charge on any atom is -0.379 e. The van der Waals surface area contributed by atoms with E-state index < -0.39 is 6.04 Å². The number of rotatable bonds is 24. The summed E-state index contributed by atoms with van der Waals surface area (Å²) in [7, 11) is 1.54. The third kappa shape index (κ3) is 20.6. The van der Waals surface area contributed by atoms with E-state index in [2.05, 4.69) is 20.7 Å². The largest absolute Gasteiger partial charge is 0.379 e. The maximum Gasteiger partial charge on any atom is 0.242 e. The van der Waals surface area contributed by atoms with Crippen LogP contribution in [0.4, 0.5) is 0 Å². The van der Waals surface area contributed by atoms with Crippen LogP contribution in [0, 0.1) is 5.92 Å². The maximum atomic E-state index is 11.9. The Labute approximate surface area is 201 Å². The molecule has 0 aliphatic carbocycles. The summed E-state index contributed by atoms with van der Waals surface area (Å²) in [6, 6.07) is -0.548. The molecule has 0 radical (unpaired) electrons. The molecule has 34 heavy (non-hydrogen) atoms. The van der Waals surface area contributed by atoms with Crippen LogP contribution >= 0.6 is 0 Å². The lowest BCUT2D eigenvalue weighted by molar-refractivity contribution is -0.130. The topological polar surface area (TPSA) is 162 Å². The zero-order valence-electron chi connectivity index (χ0n) is 20.7. The lowest BCUT2D eigenvalue weighted by Crippen LogP contribution is -2.48. The number of hydrogen-bond acceptors (Lipinski definition) is 9. The van der Waals surface area contributed by atoms with Gasteiger partial charge >= 0.3 is 0 Å². The summed E-state index contributed by atoms with van der Waals surface area (Å²) in [5.74, 6) is -0.433. The molecule has 0 spiro atoms. The van der Waals surface area contributed by atoms with Crippen LogP contribution in [0.25, 0.3) is 10.4 Å². The van der Waals surface area contributed by atoms with Gasteiger partial charge in [-0.1, -0.05) is 19.0 Å². The van der Waals surface area contributed by atoms with Gasteiger partial charge in [0.15, 0.2) is 0 Å². The van der Waals surface area contributed by atoms with Crippen LogP contribution in [0.2, 0.25) is 0 Å². The Morgan fingerprint density at radius 3 is 1.56 bits per heavy atom. The van der Waals surface area contributed by atoms with Crippen molar-refractivity contribution >= 4 is 11.8 Å². The van der Waals surface area contributed by atoms with Gasteiger partial charge in [-0.2, -0.15) is 0 Å². The van der Waals surface area contributed by atoms with Crippen LogP contribution in [-0.2, 0) is 38.0 Å². The molecular weight excluding hydrogens is 450 g/mol. The van der Waals surface area contributed by atoms with Crippen LogP contribution in [0.15, 0.2) is 5.11 Å². The quantitative estimate of drug-likeness (QED) is 0.0861. The standard InChI is InChI=1S/C21H41N5O8/c1-18(2)20(21(28)23-3)25-19(27)4-6-29-8-10-31-12-14-33-16-17-34-15-13-32-11-9-30-7-5-24-26-22/h18,20H,4-17H2,1-3H3,(H,23,28)(H,25,27)/t20-/m0/s1. The molecule has 0 saturated heterocycles. The molecule has 0 rings (SSSR count). The van der Waals surface area contributed by atoms with E-state index in [1.54, 1.807) is 7.05 Å². The van der Waals surface area contributed by atoms with Crippen LogP contribution < -0.4 is 10.6 Å². The van der Waals surface area contributed by atoms with Crippen LogP contribution in [-0.4, -0.2) is 111 Å². The van der Waals surface area contributed by atoms with Crippen LogP contribution in [0.5, 0.6) is 0 Å². The maximum absolute atomic E-state index is 11.9. The van der Waals surface area contributed by atoms with E-state index in [1.165, 1.54) is 0 Å². The molecule has 0 aromatic heterocycles. The highest BCUT2D eigenvalue weighted by Gasteiger charge is 2.22. The molecule has 0 fully saturated rings. The molecule has 0 bridgehead atoms. The third-order valence-corrected chi connectivity index (χ3v) is 4.24. The van der Waals surface area contributed by atoms with Gasteiger partial charge < -0.3 is 39.1 Å². The number of hydrogen-bond donors (Lipinski definition) is 2. The Bertz CT molecular complexity index is 561. The second kappa shape index (κ2) is 24.1. The van der Waals surface area contributed by atoms with Gasteiger partial charge in [0.2, 0.25) is 11.8 Å². The van der Waals surface area contributed by atoms with E-state index >= 15 is 0 Å². The molecule has 2 N–H and O–H groups in total. The van der Waals surface area contributed by atoms with E-state index in [4.69, 9.17) is 34.0 Å². The summed E-state index contributed by atoms with van der Waals surface area (Å²) in [5, 5.41) is 8.62. The average molecular weight is 492 g/mol. The average Bonchev–Trinajstić information content (AvgIpc) is 2.82. The molecule has 2 amide bonds. The molecule has 0 aromatic carbocycles. The van der Waals surface area contributed by atoms with E-state index in [0.717, 1.165) is 0 Å². The van der Waals surface area contributed by atoms with Crippen molar-refractivity contribution in [3.8, 4) is 0 Å². The Morgan fingerprint density at radius 2 is 1.18 bits per heavy atom. The van der Waals surface area contributed by atoms with Crippen molar-refractivity contribution in [3.05, 3.63) is 10.4 Å². The van der Waals surface area contributed by atoms with Gasteiger partial charge in [-0.15, -0.1) is 0 Å². The van der Waals surface area contributed by atoms with Gasteiger partial charge in [-0.25, -0.2) is 0 Å². The fourth-order valence-corrected chi connectivity index (χ4v) is 2.45. The van der Waals surface area contributed by atoms with Gasteiger partial charge in [-0.3, -0.25) is 9.59 Å². The van der Waals surface area contributed by atoms with Crippen molar-refractivity contribution in [1.29, 1.82) is 0 Å². The highest BCUT2D eigenvalue weighted by Crippen LogP contribution is 2.02. The van der Waals surface area contributed by atoms with Crippen molar-refractivity contribution in [2.75, 3.05) is 92.9 Å². The van der Waals surface area contributed by atoms with Gasteiger partial charge in [0.25, 0.3) is 0 Å². The number of azide groups is 1. The molecule has 0 aromatic rings. The molecule has 0 unspecified atom stereocenters. The lowest BCUT2D eigenvalue weighted by Gasteiger charge is -2.20. The van der Waals surface area contributed by atoms with Gasteiger partial charge in [0, 0.05) is 24.9 Å². The van der Waals surface area contributed by atoms with E-state index in [0.29, 0.717) is 79.2 Å². The van der Waals surface area contributed by atoms with Gasteiger partial charge in [-0.05, 0) is 11.4 Å². The summed E-state index contributed by atoms with van der Waals surface area (Å²) < 4.78 is 32.1. The molecule has 13 nitrogen and oxygen atoms in total. The van der Waals surface area contributed by atoms with Crippen molar-refractivity contribution < 1.29 is 38.0 Å². The zero-order valence-corrected chi connectivity index (χ0v) is 20.7. The summed E-state index contributed by atoms with van der Waals surface area (Å²) in [5.41, 5.74) is 8.10. The first-order valence-corrected chi connectivity index (χ1v) is 11.5. The van der Waals surface area contributed by atoms with Gasteiger partial charge in [0.1, 0.15) is 6.04 Å². The Balaban J connectivity index is 3.33. The number of ether oxygens (including phenoxy) is 6. The van der Waals surface area contributed by atoms with Gasteiger partial charge in [0.05, 0.1) is 79.3 Å². The fraction of sp³-hybridized carbons (Fsp3) is 0.905. The molecule has 1 atom stereocenters. The molecule has 13 heteroatoms. The molecule has 0 heterocycles. The SMILES string of the molecule is CNC(=O)[C@@H](NC(=O)CCOCCOCCOCCOCCOCCOCCN=[N+]=[N-])C(C)C. The number of likely N-dealkylation sites (N-methyl/N-ethyl adjacent to an activating group) is 1. The van der Waals surface area contributed by atoms with Crippen LogP contribution in [0.1, 0.15) is 20.3 Å². The number of carbonyl (C=O) groups excluding carboxylic acids is 2. The molecule has 198 valence electrons. The molecule has 0 aliphatic rings. The second-order valence-corrected chi connectivity index (χ2v) is 7.28. The summed E-state index contributed by atoms with van der Waals surface area (Å²) in [6.07, 6.45) is 0.182. The number of nitrogens with one attached hydrogen (secondary N) is 2. The van der Waals surface area contributed by atoms with Crippen molar-refractivity contribution in [3.63, 3.8) is 0 Å². The first-order valence-electron chi connectivity index (χ1n) is 11.5. The second-order valence-electron chi connectivity index (χ2n) is 7.28. The molecular formula is C21H41N5O8. The normalized spacial score (nSPS) is 11.8. The number of nitrogens with zero attached hydrogens (tertiary/aromatic N) is 3. The van der Waals surface area contributed by atoms with Crippen molar-refractivity contribution in [2.45, 2.75) is 26.3 Å².